The van der Waals surface area contributed by atoms with Crippen LogP contribution in [0.15, 0.2) is 16.6 Å². The van der Waals surface area contributed by atoms with E-state index in [0.717, 1.165) is 6.07 Å². The summed E-state index contributed by atoms with van der Waals surface area (Å²) in [6, 6.07) is 4.25. The van der Waals surface area contributed by atoms with Crippen molar-refractivity contribution in [3.63, 3.8) is 0 Å². The summed E-state index contributed by atoms with van der Waals surface area (Å²) in [5.41, 5.74) is -0.0579. The van der Waals surface area contributed by atoms with Crippen molar-refractivity contribution < 1.29 is 4.39 Å². The zero-order chi connectivity index (χ0) is 8.43. The Labute approximate surface area is 76.5 Å². The van der Waals surface area contributed by atoms with Crippen molar-refractivity contribution >= 4 is 27.5 Å². The molecule has 0 aliphatic heterocycles. The number of halogens is 3. The van der Waals surface area contributed by atoms with Crippen molar-refractivity contribution in [1.82, 2.24) is 0 Å². The molecule has 1 aromatic carbocycles. The molecule has 0 aliphatic carbocycles. The van der Waals surface area contributed by atoms with E-state index in [-0.39, 0.29) is 5.56 Å². The van der Waals surface area contributed by atoms with E-state index in [1.807, 2.05) is 0 Å². The number of nitriles is 1. The number of rotatable bonds is 0. The number of hydrogen-bond donors (Lipinski definition) is 0. The number of hydrogen-bond acceptors (Lipinski definition) is 1. The van der Waals surface area contributed by atoms with Crippen LogP contribution in [-0.2, 0) is 0 Å². The van der Waals surface area contributed by atoms with Crippen LogP contribution in [0.1, 0.15) is 5.56 Å². The van der Waals surface area contributed by atoms with Gasteiger partial charge in [-0.2, -0.15) is 5.26 Å². The fourth-order valence-electron chi connectivity index (χ4n) is 0.630. The van der Waals surface area contributed by atoms with Gasteiger partial charge >= 0.3 is 0 Å². The van der Waals surface area contributed by atoms with Crippen LogP contribution in [0.5, 0.6) is 0 Å². The first-order chi connectivity index (χ1) is 5.16. The average molecular weight is 234 g/mol. The molecule has 0 aromatic heterocycles. The molecule has 0 bridgehead atoms. The van der Waals surface area contributed by atoms with Crippen LogP contribution in [0, 0.1) is 17.1 Å². The van der Waals surface area contributed by atoms with Gasteiger partial charge in [-0.25, -0.2) is 4.39 Å². The predicted molar refractivity (Wildman–Crippen MR) is 43.8 cm³/mol. The van der Waals surface area contributed by atoms with Gasteiger partial charge in [0.15, 0.2) is 0 Å². The highest BCUT2D eigenvalue weighted by Gasteiger charge is 2.08. The van der Waals surface area contributed by atoms with E-state index in [9.17, 15) is 4.39 Å². The highest BCUT2D eigenvalue weighted by Crippen LogP contribution is 2.27. The van der Waals surface area contributed by atoms with Gasteiger partial charge in [0, 0.05) is 0 Å². The second-order valence-corrected chi connectivity index (χ2v) is 3.03. The quantitative estimate of drug-likeness (QED) is 0.633. The van der Waals surface area contributed by atoms with Crippen molar-refractivity contribution in [3.8, 4) is 6.07 Å². The molecule has 0 heterocycles. The zero-order valence-electron chi connectivity index (χ0n) is 5.24. The van der Waals surface area contributed by atoms with Crippen molar-refractivity contribution in [2.45, 2.75) is 0 Å². The van der Waals surface area contributed by atoms with Crippen LogP contribution in [0.4, 0.5) is 4.39 Å². The number of benzene rings is 1. The first-order valence-corrected chi connectivity index (χ1v) is 3.87. The van der Waals surface area contributed by atoms with E-state index in [1.165, 1.54) is 6.07 Å². The summed E-state index contributed by atoms with van der Waals surface area (Å²) >= 11 is 8.60. The molecule has 0 spiro atoms. The third-order valence-electron chi connectivity index (χ3n) is 1.16. The van der Waals surface area contributed by atoms with E-state index in [2.05, 4.69) is 15.9 Å². The fraction of sp³-hybridized carbons (Fsp3) is 0. The Morgan fingerprint density at radius 3 is 2.64 bits per heavy atom. The van der Waals surface area contributed by atoms with E-state index in [4.69, 9.17) is 16.9 Å². The minimum absolute atomic E-state index is 0.0579. The molecular weight excluding hydrogens is 232 g/mol. The Hall–Kier alpha value is -0.590. The summed E-state index contributed by atoms with van der Waals surface area (Å²) in [7, 11) is 0. The van der Waals surface area contributed by atoms with Gasteiger partial charge in [-0.1, -0.05) is 11.6 Å². The Bertz CT molecular complexity index is 332. The maximum absolute atomic E-state index is 12.7. The number of nitrogens with zero attached hydrogens (tertiary/aromatic N) is 1. The maximum Gasteiger partial charge on any atom is 0.142 e. The monoisotopic (exact) mass is 233 g/mol. The summed E-state index contributed by atoms with van der Waals surface area (Å²) in [5.74, 6) is -0.566. The van der Waals surface area contributed by atoms with E-state index in [0.29, 0.717) is 9.50 Å². The predicted octanol–water partition coefficient (Wildman–Crippen LogP) is 3.11. The normalized spacial score (nSPS) is 9.27. The lowest BCUT2D eigenvalue weighted by Crippen LogP contribution is -1.84. The SMILES string of the molecule is N#Cc1c(F)ccc(Cl)c1Br. The summed E-state index contributed by atoms with van der Waals surface area (Å²) in [4.78, 5) is 0. The molecule has 56 valence electrons. The molecule has 0 N–H and O–H groups in total. The van der Waals surface area contributed by atoms with Crippen LogP contribution in [0.25, 0.3) is 0 Å². The lowest BCUT2D eigenvalue weighted by Gasteiger charge is -1.97. The molecule has 4 heteroatoms. The Balaban J connectivity index is 3.44. The molecular formula is C7H2BrClFN. The molecule has 0 atom stereocenters. The fourth-order valence-corrected chi connectivity index (χ4v) is 1.20. The molecule has 1 rings (SSSR count). The van der Waals surface area contributed by atoms with E-state index in [1.54, 1.807) is 6.07 Å². The molecule has 0 amide bonds. The minimum Gasteiger partial charge on any atom is -0.206 e. The Morgan fingerprint density at radius 1 is 1.55 bits per heavy atom. The molecule has 0 unspecified atom stereocenters. The van der Waals surface area contributed by atoms with Crippen molar-refractivity contribution in [1.29, 1.82) is 5.26 Å². The Morgan fingerprint density at radius 2 is 2.18 bits per heavy atom. The van der Waals surface area contributed by atoms with Crippen molar-refractivity contribution in [3.05, 3.63) is 33.0 Å². The van der Waals surface area contributed by atoms with Crippen LogP contribution in [0.3, 0.4) is 0 Å². The second-order valence-electron chi connectivity index (χ2n) is 1.83. The maximum atomic E-state index is 12.7. The molecule has 1 nitrogen and oxygen atoms in total. The summed E-state index contributed by atoms with van der Waals surface area (Å²) in [6.07, 6.45) is 0. The summed E-state index contributed by atoms with van der Waals surface area (Å²) < 4.78 is 13.0. The molecule has 0 saturated carbocycles. The molecule has 0 fully saturated rings. The van der Waals surface area contributed by atoms with Gasteiger partial charge < -0.3 is 0 Å². The first-order valence-electron chi connectivity index (χ1n) is 2.70. The highest BCUT2D eigenvalue weighted by atomic mass is 79.9. The van der Waals surface area contributed by atoms with Gasteiger partial charge in [0.2, 0.25) is 0 Å². The average Bonchev–Trinajstić information content (AvgIpc) is 1.99. The van der Waals surface area contributed by atoms with Gasteiger partial charge in [0.05, 0.1) is 9.50 Å². The standard InChI is InChI=1S/C7H2BrClFN/c8-7-4(3-11)6(10)2-1-5(7)9/h1-2H. The molecule has 0 radical (unpaired) electrons. The van der Waals surface area contributed by atoms with Crippen LogP contribution in [-0.4, -0.2) is 0 Å². The minimum atomic E-state index is -0.566. The van der Waals surface area contributed by atoms with Gasteiger partial charge in [-0.3, -0.25) is 0 Å². The largest absolute Gasteiger partial charge is 0.206 e. The summed E-state index contributed by atoms with van der Waals surface area (Å²) in [6.45, 7) is 0. The molecule has 11 heavy (non-hydrogen) atoms. The third kappa shape index (κ3) is 1.52. The van der Waals surface area contributed by atoms with Crippen LogP contribution < -0.4 is 0 Å². The summed E-state index contributed by atoms with van der Waals surface area (Å²) in [5, 5.41) is 8.78. The molecule has 0 aliphatic rings. The topological polar surface area (TPSA) is 23.8 Å². The lowest BCUT2D eigenvalue weighted by atomic mass is 10.2. The second kappa shape index (κ2) is 3.21. The first kappa shape index (κ1) is 8.51. The van der Waals surface area contributed by atoms with Gasteiger partial charge in [-0.15, -0.1) is 0 Å². The Kier molecular flexibility index (Phi) is 2.48. The zero-order valence-corrected chi connectivity index (χ0v) is 7.58. The van der Waals surface area contributed by atoms with Crippen molar-refractivity contribution in [2.75, 3.05) is 0 Å². The van der Waals surface area contributed by atoms with Crippen molar-refractivity contribution in [2.24, 2.45) is 0 Å². The molecule has 0 saturated heterocycles. The van der Waals surface area contributed by atoms with Gasteiger partial charge in [0.1, 0.15) is 17.4 Å². The van der Waals surface area contributed by atoms with Crippen LogP contribution >= 0.6 is 27.5 Å². The third-order valence-corrected chi connectivity index (χ3v) is 2.52. The van der Waals surface area contributed by atoms with Crippen LogP contribution in [0.2, 0.25) is 5.02 Å². The lowest BCUT2D eigenvalue weighted by molar-refractivity contribution is 0.623. The van der Waals surface area contributed by atoms with E-state index < -0.39 is 5.82 Å². The smallest absolute Gasteiger partial charge is 0.142 e. The van der Waals surface area contributed by atoms with E-state index >= 15 is 0 Å². The molecule has 1 aromatic rings. The highest BCUT2D eigenvalue weighted by molar-refractivity contribution is 9.10. The van der Waals surface area contributed by atoms with Gasteiger partial charge in [0.25, 0.3) is 0 Å². The van der Waals surface area contributed by atoms with Gasteiger partial charge in [-0.05, 0) is 28.1 Å².